The van der Waals surface area contributed by atoms with Crippen LogP contribution in [0.3, 0.4) is 0 Å². The van der Waals surface area contributed by atoms with E-state index in [1.807, 2.05) is 32.1 Å². The monoisotopic (exact) mass is 384 g/mol. The van der Waals surface area contributed by atoms with E-state index in [0.717, 1.165) is 27.8 Å². The number of rotatable bonds is 7. The van der Waals surface area contributed by atoms with Crippen molar-refractivity contribution in [2.45, 2.75) is 63.6 Å². The fraction of sp³-hybridized carbons (Fsp3) is 0.476. The minimum atomic E-state index is -0.0302. The lowest BCUT2D eigenvalue weighted by molar-refractivity contribution is -0.113. The largest absolute Gasteiger partial charge is 0.325 e. The summed E-state index contributed by atoms with van der Waals surface area (Å²) in [7, 11) is 0. The van der Waals surface area contributed by atoms with E-state index < -0.39 is 0 Å². The summed E-state index contributed by atoms with van der Waals surface area (Å²) in [5.74, 6) is 1.81. The topological polar surface area (TPSA) is 59.8 Å². The molecule has 3 rings (SSSR count). The molecule has 144 valence electrons. The molecule has 1 aromatic carbocycles. The summed E-state index contributed by atoms with van der Waals surface area (Å²) in [4.78, 5) is 12.4. The maximum Gasteiger partial charge on any atom is 0.234 e. The Morgan fingerprint density at radius 3 is 2.59 bits per heavy atom. The standard InChI is InChI=1S/C21H28N4OS/c1-4-10-25-20(17-8-6-5-7-9-17)23-24-21(25)27-14-19(26)22-18-12-15(2)11-16(3)13-18/h4,11-13,17H,1,5-10,14H2,2-3H3,(H,22,26). The quantitative estimate of drug-likeness (QED) is 0.547. The second-order valence-electron chi connectivity index (χ2n) is 7.29. The minimum Gasteiger partial charge on any atom is -0.325 e. The van der Waals surface area contributed by atoms with Crippen LogP contribution in [0.1, 0.15) is 55.0 Å². The van der Waals surface area contributed by atoms with Gasteiger partial charge < -0.3 is 9.88 Å². The Morgan fingerprint density at radius 1 is 1.22 bits per heavy atom. The first-order valence-electron chi connectivity index (χ1n) is 9.61. The zero-order chi connectivity index (χ0) is 19.2. The smallest absolute Gasteiger partial charge is 0.234 e. The van der Waals surface area contributed by atoms with Crippen molar-refractivity contribution in [2.75, 3.05) is 11.1 Å². The highest BCUT2D eigenvalue weighted by atomic mass is 32.2. The summed E-state index contributed by atoms with van der Waals surface area (Å²) in [6.45, 7) is 8.61. The molecular weight excluding hydrogens is 356 g/mol. The molecule has 0 atom stereocenters. The van der Waals surface area contributed by atoms with Crippen molar-refractivity contribution in [1.82, 2.24) is 14.8 Å². The van der Waals surface area contributed by atoms with Crippen LogP contribution in [0.25, 0.3) is 0 Å². The number of anilines is 1. The van der Waals surface area contributed by atoms with E-state index in [4.69, 9.17) is 0 Å². The third-order valence-electron chi connectivity index (χ3n) is 4.87. The van der Waals surface area contributed by atoms with E-state index >= 15 is 0 Å². The molecule has 2 aromatic rings. The van der Waals surface area contributed by atoms with Gasteiger partial charge in [-0.2, -0.15) is 0 Å². The first-order valence-corrected chi connectivity index (χ1v) is 10.6. The van der Waals surface area contributed by atoms with E-state index in [-0.39, 0.29) is 5.91 Å². The molecule has 1 aromatic heterocycles. The number of benzene rings is 1. The first kappa shape index (κ1) is 19.7. The second-order valence-corrected chi connectivity index (χ2v) is 8.23. The SMILES string of the molecule is C=CCn1c(SCC(=O)Nc2cc(C)cc(C)c2)nnc1C1CCCCC1. The van der Waals surface area contributed by atoms with Gasteiger partial charge in [-0.05, 0) is 49.9 Å². The molecule has 27 heavy (non-hydrogen) atoms. The van der Waals surface area contributed by atoms with Crippen molar-refractivity contribution < 1.29 is 4.79 Å². The van der Waals surface area contributed by atoms with Crippen molar-refractivity contribution in [3.63, 3.8) is 0 Å². The van der Waals surface area contributed by atoms with Crippen LogP contribution in [0.5, 0.6) is 0 Å². The molecule has 0 unspecified atom stereocenters. The minimum absolute atomic E-state index is 0.0302. The van der Waals surface area contributed by atoms with Gasteiger partial charge in [-0.1, -0.05) is 43.2 Å². The number of aryl methyl sites for hydroxylation is 2. The van der Waals surface area contributed by atoms with Gasteiger partial charge in [0.1, 0.15) is 5.82 Å². The number of hydrogen-bond acceptors (Lipinski definition) is 4. The molecule has 0 bridgehead atoms. The number of thioether (sulfide) groups is 1. The summed E-state index contributed by atoms with van der Waals surface area (Å²) in [6, 6.07) is 6.06. The van der Waals surface area contributed by atoms with Gasteiger partial charge in [-0.15, -0.1) is 16.8 Å². The number of nitrogens with one attached hydrogen (secondary N) is 1. The summed E-state index contributed by atoms with van der Waals surface area (Å²) in [5, 5.41) is 12.6. The third kappa shape index (κ3) is 5.22. The first-order chi connectivity index (χ1) is 13.1. The highest BCUT2D eigenvalue weighted by Gasteiger charge is 2.23. The highest BCUT2D eigenvalue weighted by molar-refractivity contribution is 7.99. The second kappa shape index (κ2) is 9.22. The Hall–Kier alpha value is -2.08. The van der Waals surface area contributed by atoms with Gasteiger partial charge in [0.05, 0.1) is 5.75 Å². The summed E-state index contributed by atoms with van der Waals surface area (Å²) >= 11 is 1.44. The Bertz CT molecular complexity index is 788. The molecule has 1 heterocycles. The van der Waals surface area contributed by atoms with Gasteiger partial charge in [-0.25, -0.2) is 0 Å². The average Bonchev–Trinajstić information content (AvgIpc) is 3.03. The normalized spacial score (nSPS) is 14.9. The highest BCUT2D eigenvalue weighted by Crippen LogP contribution is 2.33. The summed E-state index contributed by atoms with van der Waals surface area (Å²) in [5.41, 5.74) is 3.12. The van der Waals surface area contributed by atoms with E-state index in [1.165, 1.54) is 43.9 Å². The van der Waals surface area contributed by atoms with Crippen LogP contribution in [-0.2, 0) is 11.3 Å². The maximum absolute atomic E-state index is 12.4. The van der Waals surface area contributed by atoms with Crippen molar-refractivity contribution in [3.05, 3.63) is 47.8 Å². The molecule has 1 amide bonds. The lowest BCUT2D eigenvalue weighted by Gasteiger charge is -2.21. The lowest BCUT2D eigenvalue weighted by Crippen LogP contribution is -2.15. The van der Waals surface area contributed by atoms with Crippen molar-refractivity contribution >= 4 is 23.4 Å². The van der Waals surface area contributed by atoms with E-state index in [9.17, 15) is 4.79 Å². The number of amides is 1. The maximum atomic E-state index is 12.4. The average molecular weight is 385 g/mol. The van der Waals surface area contributed by atoms with Crippen molar-refractivity contribution in [2.24, 2.45) is 0 Å². The van der Waals surface area contributed by atoms with Crippen LogP contribution in [-0.4, -0.2) is 26.4 Å². The van der Waals surface area contributed by atoms with Gasteiger partial charge in [0.15, 0.2) is 5.16 Å². The van der Waals surface area contributed by atoms with Gasteiger partial charge in [-0.3, -0.25) is 4.79 Å². The Balaban J connectivity index is 1.65. The summed E-state index contributed by atoms with van der Waals surface area (Å²) in [6.07, 6.45) is 8.04. The number of aromatic nitrogens is 3. The lowest BCUT2D eigenvalue weighted by atomic mass is 9.89. The Labute approximate surface area is 165 Å². The molecule has 1 aliphatic rings. The van der Waals surface area contributed by atoms with Gasteiger partial charge in [0.25, 0.3) is 0 Å². The number of carbonyl (C=O) groups is 1. The zero-order valence-electron chi connectivity index (χ0n) is 16.2. The fourth-order valence-corrected chi connectivity index (χ4v) is 4.50. The van der Waals surface area contributed by atoms with Crippen molar-refractivity contribution in [1.29, 1.82) is 0 Å². The summed E-state index contributed by atoms with van der Waals surface area (Å²) < 4.78 is 2.12. The van der Waals surface area contributed by atoms with Crippen LogP contribution in [0.15, 0.2) is 36.0 Å². The van der Waals surface area contributed by atoms with Crippen LogP contribution >= 0.6 is 11.8 Å². The molecule has 0 saturated heterocycles. The molecule has 0 spiro atoms. The molecule has 1 N–H and O–H groups in total. The van der Waals surface area contributed by atoms with E-state index in [2.05, 4.69) is 32.7 Å². The van der Waals surface area contributed by atoms with Crippen LogP contribution in [0.2, 0.25) is 0 Å². The molecule has 5 nitrogen and oxygen atoms in total. The zero-order valence-corrected chi connectivity index (χ0v) is 17.0. The van der Waals surface area contributed by atoms with Gasteiger partial charge in [0.2, 0.25) is 5.91 Å². The van der Waals surface area contributed by atoms with Gasteiger partial charge in [0, 0.05) is 18.2 Å². The predicted octanol–water partition coefficient (Wildman–Crippen LogP) is 4.86. The Kier molecular flexibility index (Phi) is 6.72. The fourth-order valence-electron chi connectivity index (χ4n) is 3.74. The third-order valence-corrected chi connectivity index (χ3v) is 5.83. The Morgan fingerprint density at radius 2 is 1.93 bits per heavy atom. The molecule has 1 fully saturated rings. The molecular formula is C21H28N4OS. The number of nitrogens with zero attached hydrogens (tertiary/aromatic N) is 3. The van der Waals surface area contributed by atoms with Crippen LogP contribution in [0.4, 0.5) is 5.69 Å². The molecule has 0 radical (unpaired) electrons. The molecule has 1 aliphatic carbocycles. The molecule has 6 heteroatoms. The molecule has 0 aliphatic heterocycles. The number of hydrogen-bond donors (Lipinski definition) is 1. The predicted molar refractivity (Wildman–Crippen MR) is 111 cm³/mol. The van der Waals surface area contributed by atoms with Gasteiger partial charge >= 0.3 is 0 Å². The van der Waals surface area contributed by atoms with Crippen LogP contribution < -0.4 is 5.32 Å². The number of carbonyl (C=O) groups excluding carboxylic acids is 1. The van der Waals surface area contributed by atoms with Crippen LogP contribution in [0, 0.1) is 13.8 Å². The van der Waals surface area contributed by atoms with E-state index in [0.29, 0.717) is 18.2 Å². The number of allylic oxidation sites excluding steroid dienone is 1. The van der Waals surface area contributed by atoms with E-state index in [1.54, 1.807) is 0 Å². The van der Waals surface area contributed by atoms with Crippen molar-refractivity contribution in [3.8, 4) is 0 Å². The molecule has 1 saturated carbocycles.